The minimum absolute atomic E-state index is 0.0136. The lowest BCUT2D eigenvalue weighted by Crippen LogP contribution is -2.48. The highest BCUT2D eigenvalue weighted by molar-refractivity contribution is 7.87. The molecule has 0 aliphatic rings. The molecule has 7 heteroatoms. The summed E-state index contributed by atoms with van der Waals surface area (Å²) in [6.07, 6.45) is -0.739. The third-order valence-electron chi connectivity index (χ3n) is 1.52. The van der Waals surface area contributed by atoms with Gasteiger partial charge in [0.15, 0.2) is 0 Å². The quantitative estimate of drug-likeness (QED) is 0.443. The van der Waals surface area contributed by atoms with Crippen LogP contribution in [-0.4, -0.2) is 38.3 Å². The normalized spacial score (nSPS) is 17.0. The lowest BCUT2D eigenvalue weighted by molar-refractivity contribution is 0.164. The molecule has 0 aromatic rings. The van der Waals surface area contributed by atoms with Gasteiger partial charge in [-0.2, -0.15) is 13.1 Å². The molecule has 14 heavy (non-hydrogen) atoms. The first kappa shape index (κ1) is 13.8. The fourth-order valence-corrected chi connectivity index (χ4v) is 1.84. The zero-order chi connectivity index (χ0) is 11.4. The predicted octanol–water partition coefficient (Wildman–Crippen LogP) is -1.47. The Bertz CT molecular complexity index is 251. The molecule has 0 bridgehead atoms. The van der Waals surface area contributed by atoms with Crippen molar-refractivity contribution in [1.82, 2.24) is 9.44 Å². The van der Waals surface area contributed by atoms with E-state index in [2.05, 4.69) is 9.44 Å². The third kappa shape index (κ3) is 6.28. The van der Waals surface area contributed by atoms with Crippen LogP contribution in [-0.2, 0) is 10.2 Å². The molecule has 86 valence electrons. The van der Waals surface area contributed by atoms with Gasteiger partial charge in [-0.15, -0.1) is 0 Å². The Labute approximate surface area is 85.1 Å². The van der Waals surface area contributed by atoms with Crippen LogP contribution in [0.3, 0.4) is 0 Å². The van der Waals surface area contributed by atoms with Crippen molar-refractivity contribution in [3.63, 3.8) is 0 Å². The molecule has 0 heterocycles. The molecule has 0 aromatic carbocycles. The first-order chi connectivity index (χ1) is 6.24. The molecule has 2 unspecified atom stereocenters. The number of nitrogens with two attached hydrogens (primary N) is 1. The summed E-state index contributed by atoms with van der Waals surface area (Å²) < 4.78 is 27.0. The minimum atomic E-state index is -3.50. The van der Waals surface area contributed by atoms with Gasteiger partial charge >= 0.3 is 0 Å². The molecule has 0 fully saturated rings. The van der Waals surface area contributed by atoms with E-state index in [0.29, 0.717) is 0 Å². The van der Waals surface area contributed by atoms with Crippen molar-refractivity contribution in [2.75, 3.05) is 6.54 Å². The predicted molar refractivity (Wildman–Crippen MR) is 54.9 cm³/mol. The maximum absolute atomic E-state index is 11.2. The molecule has 5 N–H and O–H groups in total. The number of rotatable bonds is 6. The average molecular weight is 225 g/mol. The van der Waals surface area contributed by atoms with Crippen molar-refractivity contribution in [2.24, 2.45) is 5.73 Å². The number of aliphatic hydroxyl groups is 1. The van der Waals surface area contributed by atoms with Gasteiger partial charge in [0, 0.05) is 18.6 Å². The molecule has 0 aliphatic carbocycles. The second-order valence-corrected chi connectivity index (χ2v) is 5.06. The largest absolute Gasteiger partial charge is 0.392 e. The topological polar surface area (TPSA) is 104 Å². The van der Waals surface area contributed by atoms with Crippen molar-refractivity contribution < 1.29 is 13.5 Å². The van der Waals surface area contributed by atoms with E-state index in [9.17, 15) is 8.42 Å². The van der Waals surface area contributed by atoms with E-state index in [0.717, 1.165) is 0 Å². The highest BCUT2D eigenvalue weighted by atomic mass is 32.2. The van der Waals surface area contributed by atoms with Gasteiger partial charge in [0.2, 0.25) is 0 Å². The van der Waals surface area contributed by atoms with Crippen molar-refractivity contribution in [3.8, 4) is 0 Å². The van der Waals surface area contributed by atoms with E-state index in [1.165, 1.54) is 6.92 Å². The molecule has 0 aromatic heterocycles. The smallest absolute Gasteiger partial charge is 0.277 e. The minimum Gasteiger partial charge on any atom is -0.392 e. The second-order valence-electron chi connectivity index (χ2n) is 3.53. The Morgan fingerprint density at radius 2 is 1.86 bits per heavy atom. The molecule has 0 rings (SSSR count). The Morgan fingerprint density at radius 3 is 2.21 bits per heavy atom. The molecule has 0 amide bonds. The number of hydrogen-bond donors (Lipinski definition) is 4. The summed E-state index contributed by atoms with van der Waals surface area (Å²) in [5, 5.41) is 9.02. The standard InChI is InChI=1S/C7H19N3O3S/c1-5(2)10-14(12,13)9-4-7(8)6(3)11/h5-7,9-11H,4,8H2,1-3H3. The van der Waals surface area contributed by atoms with Crippen LogP contribution in [0.2, 0.25) is 0 Å². The van der Waals surface area contributed by atoms with Crippen LogP contribution < -0.4 is 15.2 Å². The van der Waals surface area contributed by atoms with Crippen LogP contribution in [0.5, 0.6) is 0 Å². The molecule has 0 spiro atoms. The molecular formula is C7H19N3O3S. The van der Waals surface area contributed by atoms with E-state index in [1.54, 1.807) is 13.8 Å². The van der Waals surface area contributed by atoms with E-state index >= 15 is 0 Å². The molecule has 0 saturated carbocycles. The van der Waals surface area contributed by atoms with Gasteiger partial charge in [-0.05, 0) is 20.8 Å². The van der Waals surface area contributed by atoms with Crippen LogP contribution in [0.15, 0.2) is 0 Å². The van der Waals surface area contributed by atoms with Gasteiger partial charge < -0.3 is 10.8 Å². The van der Waals surface area contributed by atoms with Gasteiger partial charge in [-0.1, -0.05) is 0 Å². The lowest BCUT2D eigenvalue weighted by Gasteiger charge is -2.16. The first-order valence-corrected chi connectivity index (χ1v) is 5.93. The lowest BCUT2D eigenvalue weighted by atomic mass is 10.2. The molecule has 0 aliphatic heterocycles. The van der Waals surface area contributed by atoms with Gasteiger partial charge in [0.1, 0.15) is 0 Å². The Morgan fingerprint density at radius 1 is 1.36 bits per heavy atom. The molecule has 0 saturated heterocycles. The number of aliphatic hydroxyl groups excluding tert-OH is 1. The van der Waals surface area contributed by atoms with Crippen LogP contribution in [0, 0.1) is 0 Å². The monoisotopic (exact) mass is 225 g/mol. The summed E-state index contributed by atoms with van der Waals surface area (Å²) >= 11 is 0. The fraction of sp³-hybridized carbons (Fsp3) is 1.00. The molecule has 0 radical (unpaired) electrons. The zero-order valence-electron chi connectivity index (χ0n) is 8.69. The highest BCUT2D eigenvalue weighted by Crippen LogP contribution is 1.88. The maximum Gasteiger partial charge on any atom is 0.277 e. The Balaban J connectivity index is 4.00. The van der Waals surface area contributed by atoms with E-state index in [-0.39, 0.29) is 12.6 Å². The van der Waals surface area contributed by atoms with Crippen molar-refractivity contribution in [1.29, 1.82) is 0 Å². The SMILES string of the molecule is CC(C)NS(=O)(=O)NCC(N)C(C)O. The summed E-state index contributed by atoms with van der Waals surface area (Å²) in [5.74, 6) is 0. The number of nitrogens with one attached hydrogen (secondary N) is 2. The average Bonchev–Trinajstić information content (AvgIpc) is 1.97. The third-order valence-corrected chi connectivity index (χ3v) is 2.85. The van der Waals surface area contributed by atoms with Crippen molar-refractivity contribution in [3.05, 3.63) is 0 Å². The summed E-state index contributed by atoms with van der Waals surface area (Å²) in [4.78, 5) is 0. The summed E-state index contributed by atoms with van der Waals surface area (Å²) in [6, 6.07) is -0.769. The molecule has 2 atom stereocenters. The molecule has 6 nitrogen and oxygen atoms in total. The van der Waals surface area contributed by atoms with Gasteiger partial charge in [-0.3, -0.25) is 0 Å². The fourth-order valence-electron chi connectivity index (χ4n) is 0.728. The summed E-state index contributed by atoms with van der Waals surface area (Å²) in [6.45, 7) is 4.95. The Kier molecular flexibility index (Phi) is 5.53. The van der Waals surface area contributed by atoms with E-state index < -0.39 is 22.4 Å². The number of hydrogen-bond acceptors (Lipinski definition) is 4. The first-order valence-electron chi connectivity index (χ1n) is 4.45. The van der Waals surface area contributed by atoms with Crippen LogP contribution in [0.4, 0.5) is 0 Å². The summed E-state index contributed by atoms with van der Waals surface area (Å²) in [5.41, 5.74) is 5.45. The highest BCUT2D eigenvalue weighted by Gasteiger charge is 2.15. The second kappa shape index (κ2) is 5.62. The van der Waals surface area contributed by atoms with Crippen molar-refractivity contribution in [2.45, 2.75) is 39.0 Å². The van der Waals surface area contributed by atoms with E-state index in [1.807, 2.05) is 0 Å². The summed E-state index contributed by atoms with van der Waals surface area (Å²) in [7, 11) is -3.50. The van der Waals surface area contributed by atoms with Crippen LogP contribution in [0.25, 0.3) is 0 Å². The van der Waals surface area contributed by atoms with Crippen LogP contribution >= 0.6 is 0 Å². The van der Waals surface area contributed by atoms with Crippen molar-refractivity contribution >= 4 is 10.2 Å². The van der Waals surface area contributed by atoms with E-state index in [4.69, 9.17) is 10.8 Å². The maximum atomic E-state index is 11.2. The van der Waals surface area contributed by atoms with Crippen LogP contribution in [0.1, 0.15) is 20.8 Å². The van der Waals surface area contributed by atoms with Gasteiger partial charge in [0.25, 0.3) is 10.2 Å². The van der Waals surface area contributed by atoms with Gasteiger partial charge in [-0.25, -0.2) is 4.72 Å². The van der Waals surface area contributed by atoms with Gasteiger partial charge in [0.05, 0.1) is 6.10 Å². The molecular weight excluding hydrogens is 206 g/mol. The zero-order valence-corrected chi connectivity index (χ0v) is 9.50. The Hall–Kier alpha value is -0.210.